The second-order valence-electron chi connectivity index (χ2n) is 5.79. The molecule has 0 aliphatic heterocycles. The van der Waals surface area contributed by atoms with E-state index in [1.807, 2.05) is 18.2 Å². The van der Waals surface area contributed by atoms with Crippen LogP contribution in [0.25, 0.3) is 0 Å². The molecule has 0 bridgehead atoms. The molecular formula is C21H18ClN3O3. The summed E-state index contributed by atoms with van der Waals surface area (Å²) < 4.78 is 4.94. The fourth-order valence-electron chi connectivity index (χ4n) is 2.45. The van der Waals surface area contributed by atoms with Gasteiger partial charge in [0, 0.05) is 17.6 Å². The van der Waals surface area contributed by atoms with Gasteiger partial charge in [-0.25, -0.2) is 4.79 Å². The van der Waals surface area contributed by atoms with Crippen molar-refractivity contribution < 1.29 is 14.3 Å². The minimum absolute atomic E-state index is 0.242. The van der Waals surface area contributed by atoms with Gasteiger partial charge in [0.15, 0.2) is 0 Å². The molecule has 0 saturated heterocycles. The first-order chi connectivity index (χ1) is 13.6. The van der Waals surface area contributed by atoms with Crippen LogP contribution in [0, 0.1) is 0 Å². The fraction of sp³-hybridized carbons (Fsp3) is 0.0952. The minimum Gasteiger partial charge on any atom is -0.462 e. The van der Waals surface area contributed by atoms with E-state index in [0.29, 0.717) is 28.6 Å². The van der Waals surface area contributed by atoms with Crippen molar-refractivity contribution in [1.29, 1.82) is 0 Å². The second-order valence-corrected chi connectivity index (χ2v) is 6.19. The summed E-state index contributed by atoms with van der Waals surface area (Å²) in [5.41, 5.74) is 2.63. The van der Waals surface area contributed by atoms with Crippen molar-refractivity contribution in [2.75, 3.05) is 17.2 Å². The van der Waals surface area contributed by atoms with Gasteiger partial charge in [-0.15, -0.1) is 0 Å². The number of hydrogen-bond donors (Lipinski definition) is 2. The lowest BCUT2D eigenvalue weighted by Crippen LogP contribution is -2.14. The molecule has 1 aromatic heterocycles. The highest BCUT2D eigenvalue weighted by Crippen LogP contribution is 2.25. The summed E-state index contributed by atoms with van der Waals surface area (Å²) in [6, 6.07) is 17.2. The number of hydrogen-bond acceptors (Lipinski definition) is 5. The Morgan fingerprint density at radius 2 is 1.79 bits per heavy atom. The Balaban J connectivity index is 1.69. The van der Waals surface area contributed by atoms with Crippen molar-refractivity contribution in [2.24, 2.45) is 0 Å². The van der Waals surface area contributed by atoms with Gasteiger partial charge in [0.25, 0.3) is 5.91 Å². The zero-order valence-corrected chi connectivity index (χ0v) is 15.9. The number of rotatable bonds is 6. The van der Waals surface area contributed by atoms with Crippen LogP contribution < -0.4 is 10.6 Å². The zero-order valence-electron chi connectivity index (χ0n) is 15.1. The third kappa shape index (κ3) is 4.86. The number of esters is 1. The molecule has 3 aromatic rings. The lowest BCUT2D eigenvalue weighted by Gasteiger charge is -2.10. The molecule has 7 heteroatoms. The van der Waals surface area contributed by atoms with E-state index in [9.17, 15) is 9.59 Å². The number of carbonyl (C=O) groups is 2. The largest absolute Gasteiger partial charge is 0.462 e. The highest BCUT2D eigenvalue weighted by molar-refractivity contribution is 6.33. The molecule has 6 nitrogen and oxygen atoms in total. The smallest absolute Gasteiger partial charge is 0.338 e. The van der Waals surface area contributed by atoms with Crippen molar-refractivity contribution in [3.63, 3.8) is 0 Å². The van der Waals surface area contributed by atoms with Gasteiger partial charge in [-0.1, -0.05) is 23.7 Å². The Kier molecular flexibility index (Phi) is 6.24. The van der Waals surface area contributed by atoms with E-state index in [1.165, 1.54) is 6.20 Å². The van der Waals surface area contributed by atoms with Crippen molar-refractivity contribution in [3.05, 3.63) is 83.1 Å². The van der Waals surface area contributed by atoms with Gasteiger partial charge in [-0.05, 0) is 55.5 Å². The van der Waals surface area contributed by atoms with Gasteiger partial charge in [0.1, 0.15) is 5.69 Å². The first kappa shape index (κ1) is 19.4. The van der Waals surface area contributed by atoms with E-state index in [-0.39, 0.29) is 11.6 Å². The van der Waals surface area contributed by atoms with Gasteiger partial charge in [0.2, 0.25) is 0 Å². The SMILES string of the molecule is CCOC(=O)c1ccc(NC(=O)c2cc(Nc3ccccc3Cl)ccn2)cc1. The molecular weight excluding hydrogens is 378 g/mol. The van der Waals surface area contributed by atoms with E-state index in [0.717, 1.165) is 5.69 Å². The van der Waals surface area contributed by atoms with Crippen LogP contribution in [-0.4, -0.2) is 23.5 Å². The third-order valence-corrected chi connectivity index (χ3v) is 4.13. The number of benzene rings is 2. The molecule has 3 rings (SSSR count). The Hall–Kier alpha value is -3.38. The predicted octanol–water partition coefficient (Wildman–Crippen LogP) is 4.91. The molecule has 0 unspecified atom stereocenters. The molecule has 0 radical (unpaired) electrons. The Morgan fingerprint density at radius 3 is 2.50 bits per heavy atom. The summed E-state index contributed by atoms with van der Waals surface area (Å²) >= 11 is 6.15. The number of ether oxygens (including phenoxy) is 1. The first-order valence-corrected chi connectivity index (χ1v) is 9.00. The van der Waals surface area contributed by atoms with Crippen molar-refractivity contribution in [1.82, 2.24) is 4.98 Å². The fourth-order valence-corrected chi connectivity index (χ4v) is 2.63. The van der Waals surface area contributed by atoms with Crippen molar-refractivity contribution in [3.8, 4) is 0 Å². The number of nitrogens with zero attached hydrogens (tertiary/aromatic N) is 1. The summed E-state index contributed by atoms with van der Waals surface area (Å²) in [5, 5.41) is 6.49. The summed E-state index contributed by atoms with van der Waals surface area (Å²) in [5.74, 6) is -0.771. The van der Waals surface area contributed by atoms with E-state index in [1.54, 1.807) is 49.4 Å². The normalized spacial score (nSPS) is 10.2. The van der Waals surface area contributed by atoms with Gasteiger partial charge < -0.3 is 15.4 Å². The highest BCUT2D eigenvalue weighted by atomic mass is 35.5. The number of pyridine rings is 1. The molecule has 1 amide bonds. The summed E-state index contributed by atoms with van der Waals surface area (Å²) in [6.07, 6.45) is 1.54. The number of anilines is 3. The number of amides is 1. The molecule has 0 aliphatic carbocycles. The Morgan fingerprint density at radius 1 is 1.04 bits per heavy atom. The van der Waals surface area contributed by atoms with Crippen LogP contribution in [0.3, 0.4) is 0 Å². The van der Waals surface area contributed by atoms with Gasteiger partial charge >= 0.3 is 5.97 Å². The van der Waals surface area contributed by atoms with Crippen molar-refractivity contribution in [2.45, 2.75) is 6.92 Å². The summed E-state index contributed by atoms with van der Waals surface area (Å²) in [6.45, 7) is 2.05. The molecule has 0 atom stereocenters. The van der Waals surface area contributed by atoms with Crippen LogP contribution in [0.2, 0.25) is 5.02 Å². The van der Waals surface area contributed by atoms with Gasteiger partial charge in [-0.3, -0.25) is 9.78 Å². The molecule has 0 saturated carbocycles. The molecule has 142 valence electrons. The standard InChI is InChI=1S/C21H18ClN3O3/c1-2-28-21(27)14-7-9-15(10-8-14)25-20(26)19-13-16(11-12-23-19)24-18-6-4-3-5-17(18)22/h3-13H,2H2,1H3,(H,23,24)(H,25,26). The first-order valence-electron chi connectivity index (χ1n) is 8.63. The summed E-state index contributed by atoms with van der Waals surface area (Å²) in [7, 11) is 0. The maximum Gasteiger partial charge on any atom is 0.338 e. The lowest BCUT2D eigenvalue weighted by molar-refractivity contribution is 0.0526. The van der Waals surface area contributed by atoms with Crippen molar-refractivity contribution >= 4 is 40.5 Å². The third-order valence-electron chi connectivity index (χ3n) is 3.80. The number of aromatic nitrogens is 1. The van der Waals surface area contributed by atoms with E-state index >= 15 is 0 Å². The number of carbonyl (C=O) groups excluding carboxylic acids is 2. The average Bonchev–Trinajstić information content (AvgIpc) is 2.71. The lowest BCUT2D eigenvalue weighted by atomic mass is 10.2. The minimum atomic E-state index is -0.402. The van der Waals surface area contributed by atoms with Crippen LogP contribution >= 0.6 is 11.6 Å². The molecule has 2 N–H and O–H groups in total. The van der Waals surface area contributed by atoms with Crippen LogP contribution in [0.1, 0.15) is 27.8 Å². The molecule has 2 aromatic carbocycles. The Labute approximate surface area is 167 Å². The number of halogens is 1. The number of para-hydroxylation sites is 1. The predicted molar refractivity (Wildman–Crippen MR) is 109 cm³/mol. The maximum absolute atomic E-state index is 12.5. The maximum atomic E-state index is 12.5. The van der Waals surface area contributed by atoms with Crippen LogP contribution in [0.5, 0.6) is 0 Å². The number of nitrogens with one attached hydrogen (secondary N) is 2. The molecule has 1 heterocycles. The molecule has 28 heavy (non-hydrogen) atoms. The monoisotopic (exact) mass is 395 g/mol. The average molecular weight is 396 g/mol. The second kappa shape index (κ2) is 9.01. The van der Waals surface area contributed by atoms with E-state index in [4.69, 9.17) is 16.3 Å². The zero-order chi connectivity index (χ0) is 19.9. The molecule has 0 spiro atoms. The quantitative estimate of drug-likeness (QED) is 0.580. The van der Waals surface area contributed by atoms with E-state index < -0.39 is 5.97 Å². The van der Waals surface area contributed by atoms with E-state index in [2.05, 4.69) is 15.6 Å². The van der Waals surface area contributed by atoms with Crippen LogP contribution in [0.15, 0.2) is 66.9 Å². The van der Waals surface area contributed by atoms with Crippen LogP contribution in [0.4, 0.5) is 17.1 Å². The topological polar surface area (TPSA) is 80.3 Å². The van der Waals surface area contributed by atoms with Gasteiger partial charge in [0.05, 0.1) is 22.9 Å². The van der Waals surface area contributed by atoms with Gasteiger partial charge in [-0.2, -0.15) is 0 Å². The molecule has 0 fully saturated rings. The molecule has 0 aliphatic rings. The summed E-state index contributed by atoms with van der Waals surface area (Å²) in [4.78, 5) is 28.3. The Bertz CT molecular complexity index is 990. The highest BCUT2D eigenvalue weighted by Gasteiger charge is 2.11. The van der Waals surface area contributed by atoms with Crippen LogP contribution in [-0.2, 0) is 4.74 Å².